The van der Waals surface area contributed by atoms with Crippen molar-refractivity contribution in [2.75, 3.05) is 46.3 Å². The first-order valence-electron chi connectivity index (χ1n) is 12.0. The Bertz CT molecular complexity index is 1480. The number of para-hydroxylation sites is 1. The van der Waals surface area contributed by atoms with Crippen molar-refractivity contribution in [3.63, 3.8) is 0 Å². The topological polar surface area (TPSA) is 70.8 Å². The maximum absolute atomic E-state index is 13.8. The minimum atomic E-state index is -4.54. The molecule has 38 heavy (non-hydrogen) atoms. The van der Waals surface area contributed by atoms with E-state index in [2.05, 4.69) is 11.5 Å². The Morgan fingerprint density at radius 3 is 2.16 bits per heavy atom. The molecule has 3 heterocycles. The third-order valence-corrected chi connectivity index (χ3v) is 7.11. The molecule has 0 spiro atoms. The van der Waals surface area contributed by atoms with Crippen LogP contribution in [0.15, 0.2) is 59.7 Å². The van der Waals surface area contributed by atoms with Gasteiger partial charge in [0.05, 0.1) is 33.9 Å². The van der Waals surface area contributed by atoms with E-state index < -0.39 is 35.2 Å². The lowest BCUT2D eigenvalue weighted by Crippen LogP contribution is -2.53. The van der Waals surface area contributed by atoms with Crippen molar-refractivity contribution in [3.05, 3.63) is 76.5 Å². The second kappa shape index (κ2) is 9.43. The molecule has 2 amide bonds. The van der Waals surface area contributed by atoms with Crippen LogP contribution in [0.2, 0.25) is 0 Å². The number of nitrogens with zero attached hydrogens (tertiary/aromatic N) is 5. The van der Waals surface area contributed by atoms with E-state index in [1.54, 1.807) is 23.1 Å². The van der Waals surface area contributed by atoms with Crippen molar-refractivity contribution >= 4 is 22.8 Å². The van der Waals surface area contributed by atoms with E-state index >= 15 is 0 Å². The smallest absolute Gasteiger partial charge is 0.336 e. The van der Waals surface area contributed by atoms with Gasteiger partial charge in [-0.1, -0.05) is 12.6 Å². The summed E-state index contributed by atoms with van der Waals surface area (Å²) in [6.07, 6.45) is -4.54. The van der Waals surface area contributed by atoms with Gasteiger partial charge < -0.3 is 14.7 Å². The zero-order valence-corrected chi connectivity index (χ0v) is 20.5. The Hall–Kier alpha value is -3.93. The third-order valence-electron chi connectivity index (χ3n) is 7.11. The van der Waals surface area contributed by atoms with Crippen LogP contribution in [-0.2, 0) is 11.0 Å². The van der Waals surface area contributed by atoms with E-state index in [1.165, 1.54) is 26.2 Å². The highest BCUT2D eigenvalue weighted by Gasteiger charge is 2.37. The van der Waals surface area contributed by atoms with Gasteiger partial charge in [-0.3, -0.25) is 18.7 Å². The number of benzene rings is 2. The van der Waals surface area contributed by atoms with Gasteiger partial charge in [-0.2, -0.15) is 13.2 Å². The van der Waals surface area contributed by atoms with Gasteiger partial charge in [-0.05, 0) is 43.4 Å². The number of hydrogen-bond acceptors (Lipinski definition) is 4. The highest BCUT2D eigenvalue weighted by Crippen LogP contribution is 2.32. The summed E-state index contributed by atoms with van der Waals surface area (Å²) < 4.78 is 55.4. The number of likely N-dealkylation sites (N-methyl/N-ethyl adjacent to an activating group) is 1. The lowest BCUT2D eigenvalue weighted by Gasteiger charge is -2.39. The molecule has 2 aromatic carbocycles. The normalized spacial score (nSPS) is 17.1. The summed E-state index contributed by atoms with van der Waals surface area (Å²) in [5, 5.41) is 0. The van der Waals surface area contributed by atoms with Crippen molar-refractivity contribution in [2.24, 2.45) is 0 Å². The van der Waals surface area contributed by atoms with Gasteiger partial charge in [0.15, 0.2) is 5.83 Å². The van der Waals surface area contributed by atoms with Crippen LogP contribution in [0.25, 0.3) is 16.7 Å². The van der Waals surface area contributed by atoms with E-state index in [9.17, 15) is 31.9 Å². The Morgan fingerprint density at radius 1 is 0.947 bits per heavy atom. The van der Waals surface area contributed by atoms with Crippen LogP contribution < -0.4 is 5.69 Å². The first-order chi connectivity index (χ1) is 18.0. The van der Waals surface area contributed by atoms with Crippen molar-refractivity contribution in [3.8, 4) is 5.69 Å². The molecule has 0 radical (unpaired) electrons. The predicted octanol–water partition coefficient (Wildman–Crippen LogP) is 3.07. The van der Waals surface area contributed by atoms with Gasteiger partial charge in [-0.25, -0.2) is 9.18 Å². The van der Waals surface area contributed by atoms with Gasteiger partial charge in [-0.15, -0.1) is 0 Å². The van der Waals surface area contributed by atoms with Gasteiger partial charge in [0.25, 0.3) is 11.8 Å². The van der Waals surface area contributed by atoms with E-state index in [4.69, 9.17) is 0 Å². The monoisotopic (exact) mass is 531 g/mol. The molecule has 0 atom stereocenters. The molecule has 0 bridgehead atoms. The van der Waals surface area contributed by atoms with Crippen LogP contribution in [-0.4, -0.2) is 82.0 Å². The number of hydrogen-bond donors (Lipinski definition) is 0. The van der Waals surface area contributed by atoms with Crippen LogP contribution in [0, 0.1) is 0 Å². The van der Waals surface area contributed by atoms with Gasteiger partial charge >= 0.3 is 11.9 Å². The number of piperazine rings is 1. The number of fused-ring (bicyclic) bond motifs is 1. The van der Waals surface area contributed by atoms with Crippen LogP contribution >= 0.6 is 0 Å². The molecule has 5 rings (SSSR count). The standard InChI is InChI=1S/C26H25F4N5O3/c1-16(27)23(36)33-14-19(15-33)35-22-20(24(37)32-12-10-31(2)11-13-32)4-3-5-21(22)34(25(35)38)18-8-6-17(7-9-18)26(28,29)30/h3-9,19H,1,10-15H2,2H3. The Labute approximate surface area is 214 Å². The summed E-state index contributed by atoms with van der Waals surface area (Å²) in [4.78, 5) is 44.4. The molecule has 1 aromatic heterocycles. The van der Waals surface area contributed by atoms with E-state index in [-0.39, 0.29) is 30.2 Å². The minimum Gasteiger partial charge on any atom is -0.336 e. The minimum absolute atomic E-state index is 0.0187. The SMILES string of the molecule is C=C(F)C(=O)N1CC(n2c(=O)n(-c3ccc(C(F)(F)F)cc3)c3cccc(C(=O)N4CCN(C)CC4)c32)C1. The summed E-state index contributed by atoms with van der Waals surface area (Å²) in [6, 6.07) is 8.48. The summed E-state index contributed by atoms with van der Waals surface area (Å²) in [5.41, 5.74) is -0.306. The fourth-order valence-corrected chi connectivity index (χ4v) is 4.97. The van der Waals surface area contributed by atoms with Crippen molar-refractivity contribution < 1.29 is 27.2 Å². The number of alkyl halides is 3. The first kappa shape index (κ1) is 25.7. The number of amides is 2. The molecule has 8 nitrogen and oxygen atoms in total. The molecule has 0 N–H and O–H groups in total. The molecular weight excluding hydrogens is 506 g/mol. The van der Waals surface area contributed by atoms with Crippen LogP contribution in [0.5, 0.6) is 0 Å². The molecule has 200 valence electrons. The van der Waals surface area contributed by atoms with Crippen LogP contribution in [0.1, 0.15) is 22.0 Å². The maximum Gasteiger partial charge on any atom is 0.416 e. The van der Waals surface area contributed by atoms with E-state index in [0.29, 0.717) is 37.2 Å². The molecule has 0 aliphatic carbocycles. The molecule has 2 aliphatic heterocycles. The second-order valence-corrected chi connectivity index (χ2v) is 9.57. The quantitative estimate of drug-likeness (QED) is 0.384. The average molecular weight is 532 g/mol. The molecule has 2 aliphatic rings. The van der Waals surface area contributed by atoms with Crippen molar-refractivity contribution in [1.82, 2.24) is 23.8 Å². The number of carbonyl (C=O) groups excluding carboxylic acids is 2. The third kappa shape index (κ3) is 4.38. The molecule has 2 saturated heterocycles. The van der Waals surface area contributed by atoms with Crippen LogP contribution in [0.3, 0.4) is 0 Å². The van der Waals surface area contributed by atoms with Crippen LogP contribution in [0.4, 0.5) is 17.6 Å². The number of halogens is 4. The number of imidazole rings is 1. The molecule has 0 unspecified atom stereocenters. The Balaban J connectivity index is 1.63. The van der Waals surface area contributed by atoms with E-state index in [0.717, 1.165) is 12.1 Å². The molecular formula is C26H25F4N5O3. The summed E-state index contributed by atoms with van der Waals surface area (Å²) in [7, 11) is 1.96. The first-order valence-corrected chi connectivity index (χ1v) is 12.0. The van der Waals surface area contributed by atoms with Crippen molar-refractivity contribution in [1.29, 1.82) is 0 Å². The summed E-state index contributed by atoms with van der Waals surface area (Å²) in [5.74, 6) is -2.27. The summed E-state index contributed by atoms with van der Waals surface area (Å²) in [6.45, 7) is 5.44. The molecule has 3 aromatic rings. The van der Waals surface area contributed by atoms with Gasteiger partial charge in [0, 0.05) is 39.3 Å². The average Bonchev–Trinajstić information content (AvgIpc) is 3.14. The second-order valence-electron chi connectivity index (χ2n) is 9.57. The number of rotatable bonds is 4. The molecule has 2 fully saturated rings. The Morgan fingerprint density at radius 2 is 1.58 bits per heavy atom. The number of aromatic nitrogens is 2. The Kier molecular flexibility index (Phi) is 6.38. The van der Waals surface area contributed by atoms with Gasteiger partial charge in [0.2, 0.25) is 0 Å². The largest absolute Gasteiger partial charge is 0.416 e. The highest BCUT2D eigenvalue weighted by molar-refractivity contribution is 6.05. The molecule has 12 heteroatoms. The number of carbonyl (C=O) groups is 2. The molecule has 0 saturated carbocycles. The lowest BCUT2D eigenvalue weighted by atomic mass is 10.1. The van der Waals surface area contributed by atoms with E-state index in [1.807, 2.05) is 7.05 Å². The fraction of sp³-hybridized carbons (Fsp3) is 0.346. The fourth-order valence-electron chi connectivity index (χ4n) is 4.97. The summed E-state index contributed by atoms with van der Waals surface area (Å²) >= 11 is 0. The predicted molar refractivity (Wildman–Crippen MR) is 132 cm³/mol. The van der Waals surface area contributed by atoms with Gasteiger partial charge in [0.1, 0.15) is 0 Å². The number of likely N-dealkylation sites (tertiary alicyclic amines) is 1. The lowest BCUT2D eigenvalue weighted by molar-refractivity contribution is -0.137. The zero-order valence-electron chi connectivity index (χ0n) is 20.5. The highest BCUT2D eigenvalue weighted by atomic mass is 19.4. The zero-order chi connectivity index (χ0) is 27.4. The maximum atomic E-state index is 13.8. The van der Waals surface area contributed by atoms with Crippen molar-refractivity contribution in [2.45, 2.75) is 12.2 Å².